The molecule has 1 rings (SSSR count). The van der Waals surface area contributed by atoms with Gasteiger partial charge in [-0.15, -0.1) is 0 Å². The van der Waals surface area contributed by atoms with Crippen LogP contribution < -0.4 is 0 Å². The van der Waals surface area contributed by atoms with Crippen LogP contribution in [-0.4, -0.2) is 6.29 Å². The van der Waals surface area contributed by atoms with Gasteiger partial charge >= 0.3 is 0 Å². The quantitative estimate of drug-likeness (QED) is 0.494. The summed E-state index contributed by atoms with van der Waals surface area (Å²) in [7, 11) is 0. The molecule has 1 aromatic carbocycles. The maximum atomic E-state index is 10.7. The molecule has 2 heteroatoms. The maximum Gasteiger partial charge on any atom is 0.151 e. The highest BCUT2D eigenvalue weighted by atomic mass is 16.1. The van der Waals surface area contributed by atoms with Gasteiger partial charge in [-0.1, -0.05) is 23.5 Å². The van der Waals surface area contributed by atoms with Gasteiger partial charge in [0.15, 0.2) is 6.29 Å². The Hall–Kier alpha value is -2.06. The summed E-state index contributed by atoms with van der Waals surface area (Å²) in [6, 6.07) is 7.39. The number of rotatable bonds is 1. The van der Waals surface area contributed by atoms with Crippen LogP contribution >= 0.6 is 0 Å². The van der Waals surface area contributed by atoms with Crippen LogP contribution in [0.4, 0.5) is 0 Å². The zero-order valence-corrected chi connectivity index (χ0v) is 7.87. The highest BCUT2D eigenvalue weighted by Crippen LogP contribution is 2.08. The average Bonchev–Trinajstić information content (AvgIpc) is 2.20. The molecule has 0 saturated carbocycles. The number of aryl methyl sites for hydroxylation is 1. The number of benzene rings is 1. The first-order chi connectivity index (χ1) is 6.77. The number of hydrogen-bond acceptors (Lipinski definition) is 2. The molecule has 0 spiro atoms. The lowest BCUT2D eigenvalue weighted by Gasteiger charge is -1.97. The van der Waals surface area contributed by atoms with E-state index in [0.29, 0.717) is 11.1 Å². The number of carbonyl (C=O) groups excluding carboxylic acids is 1. The lowest BCUT2D eigenvalue weighted by molar-refractivity contribution is 0.112. The molecule has 0 fully saturated rings. The number of aldehydes is 1. The molecular weight excluding hydrogens is 174 g/mol. The topological polar surface area (TPSA) is 40.9 Å². The molecule has 0 amide bonds. The molecule has 2 nitrogen and oxygen atoms in total. The molecule has 0 aliphatic rings. The molecule has 68 valence electrons. The molecule has 0 aliphatic carbocycles. The third-order valence-electron chi connectivity index (χ3n) is 1.72. The van der Waals surface area contributed by atoms with Crippen LogP contribution in [0.1, 0.15) is 27.9 Å². The molecule has 0 aliphatic heterocycles. The molecular formula is C12H9NO. The summed E-state index contributed by atoms with van der Waals surface area (Å²) in [6.07, 6.45) is 0.968. The van der Waals surface area contributed by atoms with Gasteiger partial charge in [0.25, 0.3) is 0 Å². The van der Waals surface area contributed by atoms with E-state index in [0.717, 1.165) is 11.8 Å². The second kappa shape index (κ2) is 4.84. The van der Waals surface area contributed by atoms with Crippen molar-refractivity contribution < 1.29 is 4.79 Å². The highest BCUT2D eigenvalue weighted by Gasteiger charge is 1.97. The van der Waals surface area contributed by atoms with Gasteiger partial charge in [0.1, 0.15) is 0 Å². The summed E-state index contributed by atoms with van der Waals surface area (Å²) in [5, 5.41) is 8.29. The van der Waals surface area contributed by atoms with Crippen LogP contribution in [0.15, 0.2) is 18.2 Å². The SMILES string of the molecule is Cc1ccc(C#CCC#N)c(C=O)c1. The fourth-order valence-electron chi connectivity index (χ4n) is 1.07. The normalized spacial score (nSPS) is 8.29. The Morgan fingerprint density at radius 2 is 2.29 bits per heavy atom. The number of hydrogen-bond donors (Lipinski definition) is 0. The van der Waals surface area contributed by atoms with E-state index in [1.165, 1.54) is 0 Å². The molecule has 0 atom stereocenters. The van der Waals surface area contributed by atoms with Crippen molar-refractivity contribution in [3.05, 3.63) is 34.9 Å². The summed E-state index contributed by atoms with van der Waals surface area (Å²) in [5.41, 5.74) is 2.29. The summed E-state index contributed by atoms with van der Waals surface area (Å²) in [4.78, 5) is 10.7. The molecule has 0 unspecified atom stereocenters. The van der Waals surface area contributed by atoms with Gasteiger partial charge in [0, 0.05) is 11.1 Å². The molecule has 0 N–H and O–H groups in total. The maximum absolute atomic E-state index is 10.7. The first kappa shape index (κ1) is 10.0. The van der Waals surface area contributed by atoms with E-state index in [4.69, 9.17) is 5.26 Å². The molecule has 0 aromatic heterocycles. The fourth-order valence-corrected chi connectivity index (χ4v) is 1.07. The smallest absolute Gasteiger partial charge is 0.151 e. The Labute approximate surface area is 83.2 Å². The lowest BCUT2D eigenvalue weighted by atomic mass is 10.1. The van der Waals surface area contributed by atoms with Crippen molar-refractivity contribution in [2.24, 2.45) is 0 Å². The largest absolute Gasteiger partial charge is 0.298 e. The molecule has 0 radical (unpaired) electrons. The van der Waals surface area contributed by atoms with E-state index in [2.05, 4.69) is 11.8 Å². The van der Waals surface area contributed by atoms with Crippen LogP contribution in [0.2, 0.25) is 0 Å². The van der Waals surface area contributed by atoms with Gasteiger partial charge in [-0.25, -0.2) is 0 Å². The summed E-state index contributed by atoms with van der Waals surface area (Å²) < 4.78 is 0. The van der Waals surface area contributed by atoms with Crippen LogP contribution in [0, 0.1) is 30.1 Å². The van der Waals surface area contributed by atoms with E-state index in [-0.39, 0.29) is 6.42 Å². The van der Waals surface area contributed by atoms with Crippen LogP contribution in [0.25, 0.3) is 0 Å². The van der Waals surface area contributed by atoms with Crippen molar-refractivity contribution in [3.63, 3.8) is 0 Å². The van der Waals surface area contributed by atoms with Crippen molar-refractivity contribution >= 4 is 6.29 Å². The predicted molar refractivity (Wildman–Crippen MR) is 53.7 cm³/mol. The molecule has 14 heavy (non-hydrogen) atoms. The second-order valence-corrected chi connectivity index (χ2v) is 2.85. The van der Waals surface area contributed by atoms with Crippen molar-refractivity contribution in [2.75, 3.05) is 0 Å². The fraction of sp³-hybridized carbons (Fsp3) is 0.167. The van der Waals surface area contributed by atoms with Gasteiger partial charge in [-0.3, -0.25) is 4.79 Å². The van der Waals surface area contributed by atoms with Crippen LogP contribution in [0.5, 0.6) is 0 Å². The summed E-state index contributed by atoms with van der Waals surface area (Å²) in [5.74, 6) is 5.46. The van der Waals surface area contributed by atoms with Gasteiger partial charge in [-0.05, 0) is 19.1 Å². The van der Waals surface area contributed by atoms with Gasteiger partial charge in [0.05, 0.1) is 12.5 Å². The minimum atomic E-state index is 0.187. The standard InChI is InChI=1S/C12H9NO/c1-10-5-6-11(4-2-3-7-13)12(8-10)9-14/h5-6,8-9H,3H2,1H3. The van der Waals surface area contributed by atoms with E-state index in [1.807, 2.05) is 19.1 Å². The van der Waals surface area contributed by atoms with Gasteiger partial charge < -0.3 is 0 Å². The van der Waals surface area contributed by atoms with Crippen LogP contribution in [-0.2, 0) is 0 Å². The number of carbonyl (C=O) groups is 1. The van der Waals surface area contributed by atoms with Crippen molar-refractivity contribution in [1.82, 2.24) is 0 Å². The van der Waals surface area contributed by atoms with Crippen molar-refractivity contribution in [1.29, 1.82) is 5.26 Å². The van der Waals surface area contributed by atoms with E-state index in [1.54, 1.807) is 12.1 Å². The Bertz CT molecular complexity index is 444. The monoisotopic (exact) mass is 183 g/mol. The molecule has 0 saturated heterocycles. The van der Waals surface area contributed by atoms with E-state index >= 15 is 0 Å². The highest BCUT2D eigenvalue weighted by molar-refractivity contribution is 5.79. The minimum absolute atomic E-state index is 0.187. The van der Waals surface area contributed by atoms with Crippen LogP contribution in [0.3, 0.4) is 0 Å². The van der Waals surface area contributed by atoms with Gasteiger partial charge in [0.2, 0.25) is 0 Å². The third kappa shape index (κ3) is 2.47. The third-order valence-corrected chi connectivity index (χ3v) is 1.72. The zero-order valence-electron chi connectivity index (χ0n) is 7.87. The Morgan fingerprint density at radius 3 is 2.93 bits per heavy atom. The minimum Gasteiger partial charge on any atom is -0.298 e. The van der Waals surface area contributed by atoms with E-state index < -0.39 is 0 Å². The Kier molecular flexibility index (Phi) is 3.47. The van der Waals surface area contributed by atoms with Crippen molar-refractivity contribution in [2.45, 2.75) is 13.3 Å². The first-order valence-electron chi connectivity index (χ1n) is 4.19. The Morgan fingerprint density at radius 1 is 1.50 bits per heavy atom. The number of nitriles is 1. The average molecular weight is 183 g/mol. The first-order valence-corrected chi connectivity index (χ1v) is 4.19. The zero-order chi connectivity index (χ0) is 10.4. The number of nitrogens with zero attached hydrogens (tertiary/aromatic N) is 1. The molecule has 0 heterocycles. The van der Waals surface area contributed by atoms with Crippen molar-refractivity contribution in [3.8, 4) is 17.9 Å². The molecule has 1 aromatic rings. The predicted octanol–water partition coefficient (Wildman–Crippen LogP) is 2.07. The Balaban J connectivity index is 3.05. The summed E-state index contributed by atoms with van der Waals surface area (Å²) in [6.45, 7) is 1.92. The second-order valence-electron chi connectivity index (χ2n) is 2.85. The molecule has 0 bridgehead atoms. The lowest BCUT2D eigenvalue weighted by Crippen LogP contribution is -1.88. The van der Waals surface area contributed by atoms with E-state index in [9.17, 15) is 4.79 Å². The van der Waals surface area contributed by atoms with Gasteiger partial charge in [-0.2, -0.15) is 5.26 Å². The summed E-state index contributed by atoms with van der Waals surface area (Å²) >= 11 is 0.